The minimum Gasteiger partial charge on any atom is -0.455 e. The fourth-order valence-corrected chi connectivity index (χ4v) is 2.30. The van der Waals surface area contributed by atoms with Crippen molar-refractivity contribution in [3.05, 3.63) is 24.3 Å². The molecule has 24 heavy (non-hydrogen) atoms. The highest BCUT2D eigenvalue weighted by molar-refractivity contribution is 7.99. The number of carbonyl (C=O) groups excluding carboxylic acids is 3. The summed E-state index contributed by atoms with van der Waals surface area (Å²) in [6.45, 7) is 1.82. The number of ether oxygens (including phenoxy) is 1. The molecule has 0 spiro atoms. The number of carbonyl (C=O) groups is 3. The van der Waals surface area contributed by atoms with E-state index in [9.17, 15) is 14.4 Å². The number of aromatic nitrogens is 1. The number of benzene rings is 1. The van der Waals surface area contributed by atoms with Crippen LogP contribution in [0.15, 0.2) is 33.9 Å². The number of para-hydroxylation sites is 2. The number of nitrogens with zero attached hydrogens (tertiary/aromatic N) is 1. The maximum atomic E-state index is 11.6. The number of fused-ring (bicyclic) bond motifs is 1. The summed E-state index contributed by atoms with van der Waals surface area (Å²) in [5.74, 6) is -1.35. The third-order valence-corrected chi connectivity index (χ3v) is 3.54. The molecule has 0 atom stereocenters. The Kier molecular flexibility index (Phi) is 6.62. The summed E-state index contributed by atoms with van der Waals surface area (Å²) in [5.41, 5.74) is 1.33. The van der Waals surface area contributed by atoms with E-state index in [-0.39, 0.29) is 5.75 Å². The lowest BCUT2D eigenvalue weighted by Gasteiger charge is -2.06. The summed E-state index contributed by atoms with van der Waals surface area (Å²) in [7, 11) is 0. The van der Waals surface area contributed by atoms with Crippen LogP contribution in [0.5, 0.6) is 0 Å². The predicted octanol–water partition coefficient (Wildman–Crippen LogP) is 1.70. The van der Waals surface area contributed by atoms with Gasteiger partial charge in [0, 0.05) is 6.54 Å². The van der Waals surface area contributed by atoms with E-state index in [4.69, 9.17) is 9.15 Å². The maximum Gasteiger partial charge on any atom is 0.321 e. The molecular formula is C15H17N3O5S. The average molecular weight is 351 g/mol. The number of hydrogen-bond donors (Lipinski definition) is 2. The van der Waals surface area contributed by atoms with Crippen molar-refractivity contribution in [1.29, 1.82) is 0 Å². The van der Waals surface area contributed by atoms with Crippen molar-refractivity contribution in [3.63, 3.8) is 0 Å². The lowest BCUT2D eigenvalue weighted by molar-refractivity contribution is -0.145. The Labute approximate surface area is 142 Å². The molecule has 1 aromatic carbocycles. The van der Waals surface area contributed by atoms with Gasteiger partial charge >= 0.3 is 12.0 Å². The molecule has 0 radical (unpaired) electrons. The highest BCUT2D eigenvalue weighted by Crippen LogP contribution is 2.22. The molecule has 2 N–H and O–H groups in total. The van der Waals surface area contributed by atoms with E-state index in [2.05, 4.69) is 15.6 Å². The molecule has 1 heterocycles. The van der Waals surface area contributed by atoms with E-state index >= 15 is 0 Å². The molecule has 0 aliphatic carbocycles. The first-order chi connectivity index (χ1) is 11.6. The molecule has 0 unspecified atom stereocenters. The largest absolute Gasteiger partial charge is 0.455 e. The number of imide groups is 1. The second-order valence-corrected chi connectivity index (χ2v) is 5.63. The quantitative estimate of drug-likeness (QED) is 0.577. The van der Waals surface area contributed by atoms with Crippen LogP contribution < -0.4 is 10.6 Å². The SMILES string of the molecule is CCCNC(=O)NC(=O)COC(=O)CSc1nc2ccccc2o1. The van der Waals surface area contributed by atoms with Crippen molar-refractivity contribution >= 4 is 40.8 Å². The number of nitrogens with one attached hydrogen (secondary N) is 2. The molecule has 9 heteroatoms. The van der Waals surface area contributed by atoms with Gasteiger partial charge in [-0.15, -0.1) is 0 Å². The van der Waals surface area contributed by atoms with E-state index in [1.165, 1.54) is 0 Å². The van der Waals surface area contributed by atoms with Crippen molar-refractivity contribution in [2.75, 3.05) is 18.9 Å². The van der Waals surface area contributed by atoms with E-state index in [0.29, 0.717) is 22.9 Å². The lowest BCUT2D eigenvalue weighted by Crippen LogP contribution is -2.41. The molecular weight excluding hydrogens is 334 g/mol. The number of hydrogen-bond acceptors (Lipinski definition) is 7. The van der Waals surface area contributed by atoms with Gasteiger partial charge in [-0.05, 0) is 18.6 Å². The Bertz CT molecular complexity index is 698. The third-order valence-electron chi connectivity index (χ3n) is 2.74. The number of thioether (sulfide) groups is 1. The predicted molar refractivity (Wildman–Crippen MR) is 87.5 cm³/mol. The minimum atomic E-state index is -0.691. The van der Waals surface area contributed by atoms with Gasteiger partial charge in [-0.1, -0.05) is 30.8 Å². The van der Waals surface area contributed by atoms with Crippen LogP contribution in [0.1, 0.15) is 13.3 Å². The monoisotopic (exact) mass is 351 g/mol. The smallest absolute Gasteiger partial charge is 0.321 e. The van der Waals surface area contributed by atoms with Gasteiger partial charge < -0.3 is 14.5 Å². The van der Waals surface area contributed by atoms with Crippen molar-refractivity contribution in [3.8, 4) is 0 Å². The molecule has 0 saturated carbocycles. The fourth-order valence-electron chi connectivity index (χ4n) is 1.67. The number of amides is 3. The van der Waals surface area contributed by atoms with Gasteiger partial charge in [0.25, 0.3) is 11.1 Å². The minimum absolute atomic E-state index is 0.0534. The topological polar surface area (TPSA) is 111 Å². The zero-order valence-electron chi connectivity index (χ0n) is 13.0. The van der Waals surface area contributed by atoms with Crippen molar-refractivity contribution in [2.45, 2.75) is 18.6 Å². The summed E-state index contributed by atoms with van der Waals surface area (Å²) in [6, 6.07) is 6.63. The van der Waals surface area contributed by atoms with Crippen LogP contribution in [-0.4, -0.2) is 41.8 Å². The van der Waals surface area contributed by atoms with Crippen molar-refractivity contribution in [2.24, 2.45) is 0 Å². The summed E-state index contributed by atoms with van der Waals surface area (Å²) >= 11 is 1.07. The first-order valence-corrected chi connectivity index (χ1v) is 8.28. The zero-order chi connectivity index (χ0) is 17.4. The molecule has 1 aromatic heterocycles. The molecule has 3 amide bonds. The number of urea groups is 1. The Balaban J connectivity index is 1.69. The van der Waals surface area contributed by atoms with Gasteiger partial charge in [0.2, 0.25) is 0 Å². The second-order valence-electron chi connectivity index (χ2n) is 4.70. The Hall–Kier alpha value is -2.55. The highest BCUT2D eigenvalue weighted by Gasteiger charge is 2.13. The Morgan fingerprint density at radius 1 is 1.29 bits per heavy atom. The summed E-state index contributed by atoms with van der Waals surface area (Å²) in [6.07, 6.45) is 0.754. The van der Waals surface area contributed by atoms with E-state index < -0.39 is 24.5 Å². The van der Waals surface area contributed by atoms with Gasteiger partial charge in [-0.2, -0.15) is 0 Å². The number of oxazole rings is 1. The first kappa shape index (κ1) is 17.8. The van der Waals surface area contributed by atoms with Gasteiger partial charge in [0.05, 0.1) is 0 Å². The standard InChI is InChI=1S/C15H17N3O5S/c1-2-7-16-14(21)18-12(19)8-22-13(20)9-24-15-17-10-5-3-4-6-11(10)23-15/h3-6H,2,7-9H2,1H3,(H2,16,18,19,21). The van der Waals surface area contributed by atoms with Crippen LogP contribution in [0.25, 0.3) is 11.1 Å². The fraction of sp³-hybridized carbons (Fsp3) is 0.333. The van der Waals surface area contributed by atoms with Gasteiger partial charge in [-0.25, -0.2) is 9.78 Å². The molecule has 2 aromatic rings. The first-order valence-electron chi connectivity index (χ1n) is 7.30. The lowest BCUT2D eigenvalue weighted by atomic mass is 10.3. The van der Waals surface area contributed by atoms with Crippen LogP contribution in [0.2, 0.25) is 0 Å². The Morgan fingerprint density at radius 2 is 2.08 bits per heavy atom. The van der Waals surface area contributed by atoms with Crippen LogP contribution in [0.4, 0.5) is 4.79 Å². The van der Waals surface area contributed by atoms with Gasteiger partial charge in [-0.3, -0.25) is 14.9 Å². The van der Waals surface area contributed by atoms with Crippen LogP contribution >= 0.6 is 11.8 Å². The van der Waals surface area contributed by atoms with Crippen LogP contribution in [0.3, 0.4) is 0 Å². The molecule has 128 valence electrons. The van der Waals surface area contributed by atoms with Crippen molar-refractivity contribution < 1.29 is 23.5 Å². The van der Waals surface area contributed by atoms with Crippen LogP contribution in [0, 0.1) is 0 Å². The summed E-state index contributed by atoms with van der Waals surface area (Å²) in [4.78, 5) is 38.5. The van der Waals surface area contributed by atoms with Crippen molar-refractivity contribution in [1.82, 2.24) is 15.6 Å². The van der Waals surface area contributed by atoms with E-state index in [1.807, 2.05) is 19.1 Å². The molecule has 0 aliphatic rings. The summed E-state index contributed by atoms with van der Waals surface area (Å²) in [5, 5.41) is 4.88. The number of rotatable bonds is 7. The third kappa shape index (κ3) is 5.58. The van der Waals surface area contributed by atoms with Crippen LogP contribution in [-0.2, 0) is 14.3 Å². The molecule has 0 saturated heterocycles. The second kappa shape index (κ2) is 8.92. The Morgan fingerprint density at radius 3 is 2.83 bits per heavy atom. The molecule has 2 rings (SSSR count). The average Bonchev–Trinajstić information content (AvgIpc) is 2.99. The van der Waals surface area contributed by atoms with E-state index in [1.54, 1.807) is 12.1 Å². The van der Waals surface area contributed by atoms with Gasteiger partial charge in [0.1, 0.15) is 11.3 Å². The number of esters is 1. The molecule has 0 bridgehead atoms. The molecule has 0 aliphatic heterocycles. The van der Waals surface area contributed by atoms with Gasteiger partial charge in [0.15, 0.2) is 12.2 Å². The normalized spacial score (nSPS) is 10.4. The molecule has 8 nitrogen and oxygen atoms in total. The zero-order valence-corrected chi connectivity index (χ0v) is 13.9. The van der Waals surface area contributed by atoms with E-state index in [0.717, 1.165) is 18.2 Å². The summed E-state index contributed by atoms with van der Waals surface area (Å²) < 4.78 is 10.2. The molecule has 0 fully saturated rings. The maximum absolute atomic E-state index is 11.6. The highest BCUT2D eigenvalue weighted by atomic mass is 32.2.